The predicted molar refractivity (Wildman–Crippen MR) is 124 cm³/mol. The molecule has 4 heterocycles. The van der Waals surface area contributed by atoms with E-state index >= 15 is 0 Å². The molecule has 4 rings (SSSR count). The molecule has 136 valence electrons. The predicted octanol–water partition coefficient (Wildman–Crippen LogP) is 7.09. The van der Waals surface area contributed by atoms with Crippen LogP contribution in [0.1, 0.15) is 22.3 Å². The summed E-state index contributed by atoms with van der Waals surface area (Å²) in [6.07, 6.45) is 4.60. The van der Waals surface area contributed by atoms with Crippen molar-refractivity contribution in [3.63, 3.8) is 0 Å². The Bertz CT molecular complexity index is 818. The third-order valence-corrected chi connectivity index (χ3v) is 6.96. The molecule has 1 nitrogen and oxygen atoms in total. The lowest BCUT2D eigenvalue weighted by atomic mass is 10.0. The maximum absolute atomic E-state index is 3.55. The van der Waals surface area contributed by atoms with E-state index in [1.54, 1.807) is 45.3 Å². The van der Waals surface area contributed by atoms with Crippen LogP contribution in [0.2, 0.25) is 0 Å². The number of hydrogen-bond acceptors (Lipinski definition) is 5. The van der Waals surface area contributed by atoms with Crippen molar-refractivity contribution >= 4 is 56.5 Å². The Morgan fingerprint density at radius 1 is 0.593 bits per heavy atom. The molecule has 0 bridgehead atoms. The van der Waals surface area contributed by atoms with Gasteiger partial charge in [0.25, 0.3) is 0 Å². The van der Waals surface area contributed by atoms with Crippen LogP contribution >= 0.6 is 45.3 Å². The monoisotopic (exact) mass is 425 g/mol. The molecule has 27 heavy (non-hydrogen) atoms. The van der Waals surface area contributed by atoms with Gasteiger partial charge in [0.15, 0.2) is 0 Å². The van der Waals surface area contributed by atoms with Crippen molar-refractivity contribution in [3.05, 3.63) is 102 Å². The van der Waals surface area contributed by atoms with Crippen LogP contribution in [0.3, 0.4) is 0 Å². The highest BCUT2D eigenvalue weighted by molar-refractivity contribution is 7.09. The maximum Gasteiger partial charge on any atom is 0.0147 e. The molecule has 0 spiro atoms. The van der Waals surface area contributed by atoms with Crippen LogP contribution in [0.25, 0.3) is 11.1 Å². The van der Waals surface area contributed by atoms with Gasteiger partial charge in [0.05, 0.1) is 0 Å². The van der Waals surface area contributed by atoms with Crippen LogP contribution in [0.15, 0.2) is 79.5 Å². The van der Waals surface area contributed by atoms with Gasteiger partial charge in [0.2, 0.25) is 0 Å². The zero-order chi connectivity index (χ0) is 18.3. The molecule has 0 aliphatic rings. The highest BCUT2D eigenvalue weighted by Crippen LogP contribution is 2.28. The lowest BCUT2D eigenvalue weighted by Gasteiger charge is -2.06. The van der Waals surface area contributed by atoms with Crippen LogP contribution in [0.4, 0.5) is 0 Å². The average Bonchev–Trinajstić information content (AvgIpc) is 3.51. The summed E-state index contributed by atoms with van der Waals surface area (Å²) in [6.45, 7) is 1.69. The van der Waals surface area contributed by atoms with E-state index in [1.165, 1.54) is 33.4 Å². The molecular formula is C22H19NS4. The van der Waals surface area contributed by atoms with E-state index in [2.05, 4.69) is 84.8 Å². The first-order valence-electron chi connectivity index (χ1n) is 8.63. The van der Waals surface area contributed by atoms with Gasteiger partial charge in [-0.3, -0.25) is 0 Å². The lowest BCUT2D eigenvalue weighted by Crippen LogP contribution is -2.14. The first-order valence-corrected chi connectivity index (χ1v) is 12.4. The van der Waals surface area contributed by atoms with E-state index in [0.717, 1.165) is 13.1 Å². The normalized spacial score (nSPS) is 10.7. The van der Waals surface area contributed by atoms with Crippen molar-refractivity contribution in [2.45, 2.75) is 0 Å². The van der Waals surface area contributed by atoms with Crippen molar-refractivity contribution in [2.24, 2.45) is 0 Å². The van der Waals surface area contributed by atoms with Crippen LogP contribution in [0.5, 0.6) is 0 Å². The number of hydrogen-bond donors (Lipinski definition) is 1. The molecule has 0 radical (unpaired) electrons. The minimum atomic E-state index is 0.845. The molecule has 0 unspecified atom stereocenters. The zero-order valence-electron chi connectivity index (χ0n) is 14.6. The minimum absolute atomic E-state index is 0.845. The van der Waals surface area contributed by atoms with E-state index in [1.807, 2.05) is 0 Å². The zero-order valence-corrected chi connectivity index (χ0v) is 17.9. The number of rotatable bonds is 8. The minimum Gasteiger partial charge on any atom is -0.310 e. The van der Waals surface area contributed by atoms with E-state index in [0.29, 0.717) is 0 Å². The van der Waals surface area contributed by atoms with Gasteiger partial charge < -0.3 is 5.32 Å². The Labute approximate surface area is 176 Å². The van der Waals surface area contributed by atoms with Gasteiger partial charge in [-0.25, -0.2) is 0 Å². The first kappa shape index (κ1) is 18.6. The Morgan fingerprint density at radius 3 is 1.19 bits per heavy atom. The Morgan fingerprint density at radius 2 is 0.926 bits per heavy atom. The molecule has 4 aromatic heterocycles. The standard InChI is InChI=1S/C22H19NS4/c1(21(17-3-9-24-13-17)18-4-10-25-14-18)7-23-8-2-22(19-5-11-26-15-19)20-6-12-27-16-20/h1-6,9-16,23H,7-8H2. The molecule has 0 atom stereocenters. The van der Waals surface area contributed by atoms with E-state index in [4.69, 9.17) is 0 Å². The van der Waals surface area contributed by atoms with Crippen LogP contribution in [-0.4, -0.2) is 13.1 Å². The molecule has 0 aliphatic heterocycles. The summed E-state index contributed by atoms with van der Waals surface area (Å²) in [4.78, 5) is 0. The fraction of sp³-hybridized carbons (Fsp3) is 0.0909. The average molecular weight is 426 g/mol. The van der Waals surface area contributed by atoms with Crippen molar-refractivity contribution < 1.29 is 0 Å². The maximum atomic E-state index is 3.55. The summed E-state index contributed by atoms with van der Waals surface area (Å²) in [6, 6.07) is 8.78. The quantitative estimate of drug-likeness (QED) is 0.297. The topological polar surface area (TPSA) is 12.0 Å². The molecule has 0 saturated heterocycles. The molecule has 5 heteroatoms. The van der Waals surface area contributed by atoms with Crippen LogP contribution in [-0.2, 0) is 0 Å². The molecule has 0 fully saturated rings. The number of nitrogens with one attached hydrogen (secondary N) is 1. The highest BCUT2D eigenvalue weighted by atomic mass is 32.1. The molecule has 0 aliphatic carbocycles. The van der Waals surface area contributed by atoms with Crippen LogP contribution < -0.4 is 5.32 Å². The van der Waals surface area contributed by atoms with Gasteiger partial charge in [-0.1, -0.05) is 12.2 Å². The molecule has 4 aromatic rings. The summed E-state index contributed by atoms with van der Waals surface area (Å²) in [7, 11) is 0. The third kappa shape index (κ3) is 4.75. The smallest absolute Gasteiger partial charge is 0.0147 e. The van der Waals surface area contributed by atoms with Crippen molar-refractivity contribution in [3.8, 4) is 0 Å². The lowest BCUT2D eigenvalue weighted by molar-refractivity contribution is 0.844. The van der Waals surface area contributed by atoms with Gasteiger partial charge in [0.1, 0.15) is 0 Å². The fourth-order valence-electron chi connectivity index (χ4n) is 2.91. The molecular weight excluding hydrogens is 407 g/mol. The van der Waals surface area contributed by atoms with Crippen molar-refractivity contribution in [1.29, 1.82) is 0 Å². The SMILES string of the molecule is C(CNCC=C(c1ccsc1)c1ccsc1)=C(c1ccsc1)c1ccsc1. The second-order valence-corrected chi connectivity index (χ2v) is 9.06. The third-order valence-electron chi connectivity index (χ3n) is 4.23. The second-order valence-electron chi connectivity index (χ2n) is 5.94. The van der Waals surface area contributed by atoms with Gasteiger partial charge in [-0.2, -0.15) is 45.3 Å². The molecule has 1 N–H and O–H groups in total. The van der Waals surface area contributed by atoms with Gasteiger partial charge in [-0.05, 0) is 101 Å². The highest BCUT2D eigenvalue weighted by Gasteiger charge is 2.07. The van der Waals surface area contributed by atoms with Crippen LogP contribution in [0, 0.1) is 0 Å². The number of thiophene rings is 4. The van der Waals surface area contributed by atoms with E-state index in [-0.39, 0.29) is 0 Å². The largest absolute Gasteiger partial charge is 0.310 e. The van der Waals surface area contributed by atoms with E-state index in [9.17, 15) is 0 Å². The first-order chi connectivity index (χ1) is 13.4. The molecule has 0 saturated carbocycles. The second kappa shape index (κ2) is 9.44. The molecule has 0 amide bonds. The van der Waals surface area contributed by atoms with Crippen molar-refractivity contribution in [2.75, 3.05) is 13.1 Å². The summed E-state index contributed by atoms with van der Waals surface area (Å²) in [5.74, 6) is 0. The van der Waals surface area contributed by atoms with Gasteiger partial charge in [0, 0.05) is 13.1 Å². The Balaban J connectivity index is 1.45. The summed E-state index contributed by atoms with van der Waals surface area (Å²) >= 11 is 6.98. The van der Waals surface area contributed by atoms with E-state index < -0.39 is 0 Å². The summed E-state index contributed by atoms with van der Waals surface area (Å²) < 4.78 is 0. The van der Waals surface area contributed by atoms with Gasteiger partial charge in [-0.15, -0.1) is 0 Å². The van der Waals surface area contributed by atoms with Crippen molar-refractivity contribution in [1.82, 2.24) is 5.32 Å². The summed E-state index contributed by atoms with van der Waals surface area (Å²) in [5.41, 5.74) is 7.82. The Hall–Kier alpha value is -1.76. The Kier molecular flexibility index (Phi) is 6.50. The summed E-state index contributed by atoms with van der Waals surface area (Å²) in [5, 5.41) is 21.0. The fourth-order valence-corrected chi connectivity index (χ4v) is 5.53. The van der Waals surface area contributed by atoms with Gasteiger partial charge >= 0.3 is 0 Å². The molecule has 0 aromatic carbocycles.